The standard InChI is InChI=1S/C17H18FNO3/c18-13-5-1-10(2-6-13)7-8-19-16(20)14-11-3-4-12(9-11)15(14)17(21)22/h1-6,11-12,14-15H,7-9H2,(H,19,20)(H,21,22)/t11-,12-,14+,15-/m0/s1. The van der Waals surface area contributed by atoms with E-state index in [1.54, 1.807) is 12.1 Å². The average molecular weight is 303 g/mol. The van der Waals surface area contributed by atoms with Crippen molar-refractivity contribution >= 4 is 11.9 Å². The molecular weight excluding hydrogens is 285 g/mol. The van der Waals surface area contributed by atoms with E-state index in [1.165, 1.54) is 12.1 Å². The van der Waals surface area contributed by atoms with Gasteiger partial charge in [0.2, 0.25) is 5.91 Å². The zero-order chi connectivity index (χ0) is 15.7. The van der Waals surface area contributed by atoms with Crippen molar-refractivity contribution in [3.8, 4) is 0 Å². The Morgan fingerprint density at radius 1 is 1.14 bits per heavy atom. The number of allylic oxidation sites excluding steroid dienone is 2. The summed E-state index contributed by atoms with van der Waals surface area (Å²) in [7, 11) is 0. The first kappa shape index (κ1) is 14.8. The maximum absolute atomic E-state index is 12.8. The van der Waals surface area contributed by atoms with Gasteiger partial charge < -0.3 is 10.4 Å². The fraction of sp³-hybridized carbons (Fsp3) is 0.412. The Balaban J connectivity index is 1.56. The minimum atomic E-state index is -0.893. The topological polar surface area (TPSA) is 66.4 Å². The third-order valence-corrected chi connectivity index (χ3v) is 4.67. The van der Waals surface area contributed by atoms with Crippen LogP contribution < -0.4 is 5.32 Å². The van der Waals surface area contributed by atoms with E-state index in [4.69, 9.17) is 0 Å². The summed E-state index contributed by atoms with van der Waals surface area (Å²) in [6.45, 7) is 0.425. The molecular formula is C17H18FNO3. The number of carboxylic acids is 1. The molecule has 116 valence electrons. The molecule has 2 aliphatic carbocycles. The molecule has 1 aromatic carbocycles. The summed E-state index contributed by atoms with van der Waals surface area (Å²) in [4.78, 5) is 23.7. The molecule has 0 aliphatic heterocycles. The van der Waals surface area contributed by atoms with Gasteiger partial charge in [0.05, 0.1) is 11.8 Å². The van der Waals surface area contributed by atoms with Crippen LogP contribution in [0.5, 0.6) is 0 Å². The van der Waals surface area contributed by atoms with Crippen LogP contribution in [-0.4, -0.2) is 23.5 Å². The monoisotopic (exact) mass is 303 g/mol. The summed E-state index contributed by atoms with van der Waals surface area (Å²) in [5.74, 6) is -2.43. The number of halogens is 1. The minimum Gasteiger partial charge on any atom is -0.481 e. The first-order valence-electron chi connectivity index (χ1n) is 7.49. The van der Waals surface area contributed by atoms with Crippen LogP contribution in [0.25, 0.3) is 0 Å². The van der Waals surface area contributed by atoms with Crippen molar-refractivity contribution < 1.29 is 19.1 Å². The molecule has 0 unspecified atom stereocenters. The Labute approximate surface area is 128 Å². The summed E-state index contributed by atoms with van der Waals surface area (Å²) in [5, 5.41) is 12.2. The van der Waals surface area contributed by atoms with Crippen LogP contribution >= 0.6 is 0 Å². The first-order chi connectivity index (χ1) is 10.6. The number of hydrogen-bond donors (Lipinski definition) is 2. The van der Waals surface area contributed by atoms with E-state index in [1.807, 2.05) is 12.2 Å². The number of rotatable bonds is 5. The van der Waals surface area contributed by atoms with Gasteiger partial charge in [0, 0.05) is 6.54 Å². The fourth-order valence-corrected chi connectivity index (χ4v) is 3.62. The van der Waals surface area contributed by atoms with E-state index in [2.05, 4.69) is 5.32 Å². The summed E-state index contributed by atoms with van der Waals surface area (Å²) >= 11 is 0. The van der Waals surface area contributed by atoms with Gasteiger partial charge in [-0.15, -0.1) is 0 Å². The number of carbonyl (C=O) groups is 2. The second-order valence-electron chi connectivity index (χ2n) is 6.01. The maximum Gasteiger partial charge on any atom is 0.307 e. The molecule has 0 spiro atoms. The van der Waals surface area contributed by atoms with Gasteiger partial charge in [0.15, 0.2) is 0 Å². The SMILES string of the molecule is O=C(O)[C@@H]1[C@H](C(=O)NCCc2ccc(F)cc2)[C@H]2C=C[C@H]1C2. The summed E-state index contributed by atoms with van der Waals surface area (Å²) in [5.41, 5.74) is 0.935. The largest absolute Gasteiger partial charge is 0.481 e. The molecule has 0 aromatic heterocycles. The highest BCUT2D eigenvalue weighted by atomic mass is 19.1. The molecule has 0 heterocycles. The van der Waals surface area contributed by atoms with Crippen LogP contribution in [0.1, 0.15) is 12.0 Å². The maximum atomic E-state index is 12.8. The lowest BCUT2D eigenvalue weighted by Crippen LogP contribution is -2.40. The molecule has 3 rings (SSSR count). The highest BCUT2D eigenvalue weighted by Gasteiger charge is 2.51. The van der Waals surface area contributed by atoms with E-state index in [-0.39, 0.29) is 23.6 Å². The van der Waals surface area contributed by atoms with Gasteiger partial charge in [0.1, 0.15) is 5.82 Å². The number of hydrogen-bond acceptors (Lipinski definition) is 2. The smallest absolute Gasteiger partial charge is 0.307 e. The predicted octanol–water partition coefficient (Wildman–Crippen LogP) is 2.01. The van der Waals surface area contributed by atoms with Gasteiger partial charge in [-0.3, -0.25) is 9.59 Å². The molecule has 2 bridgehead atoms. The van der Waals surface area contributed by atoms with E-state index >= 15 is 0 Å². The number of aliphatic carboxylic acids is 1. The second kappa shape index (κ2) is 5.91. The highest BCUT2D eigenvalue weighted by molar-refractivity contribution is 5.86. The number of nitrogens with one attached hydrogen (secondary N) is 1. The third-order valence-electron chi connectivity index (χ3n) is 4.67. The Bertz CT molecular complexity index is 611. The lowest BCUT2D eigenvalue weighted by Gasteiger charge is -2.23. The van der Waals surface area contributed by atoms with E-state index < -0.39 is 17.8 Å². The Morgan fingerprint density at radius 2 is 1.77 bits per heavy atom. The van der Waals surface area contributed by atoms with Crippen molar-refractivity contribution in [2.45, 2.75) is 12.8 Å². The summed E-state index contributed by atoms with van der Waals surface area (Å²) in [6.07, 6.45) is 5.24. The van der Waals surface area contributed by atoms with E-state index in [9.17, 15) is 19.1 Å². The molecule has 4 atom stereocenters. The molecule has 2 aliphatic rings. The fourth-order valence-electron chi connectivity index (χ4n) is 3.62. The van der Waals surface area contributed by atoms with Gasteiger partial charge in [-0.2, -0.15) is 0 Å². The van der Waals surface area contributed by atoms with Crippen LogP contribution in [-0.2, 0) is 16.0 Å². The Morgan fingerprint density at radius 3 is 2.41 bits per heavy atom. The molecule has 1 saturated carbocycles. The predicted molar refractivity (Wildman–Crippen MR) is 78.5 cm³/mol. The second-order valence-corrected chi connectivity index (χ2v) is 6.01. The van der Waals surface area contributed by atoms with E-state index in [0.29, 0.717) is 13.0 Å². The summed E-state index contributed by atoms with van der Waals surface area (Å²) in [6, 6.07) is 6.14. The van der Waals surface area contributed by atoms with E-state index in [0.717, 1.165) is 12.0 Å². The van der Waals surface area contributed by atoms with Crippen LogP contribution in [0.4, 0.5) is 4.39 Å². The number of carbonyl (C=O) groups excluding carboxylic acids is 1. The van der Waals surface area contributed by atoms with Gasteiger partial charge in [0.25, 0.3) is 0 Å². The average Bonchev–Trinajstić information content (AvgIpc) is 3.09. The van der Waals surface area contributed by atoms with Crippen molar-refractivity contribution in [1.82, 2.24) is 5.32 Å². The van der Waals surface area contributed by atoms with Gasteiger partial charge in [-0.05, 0) is 42.4 Å². The van der Waals surface area contributed by atoms with Crippen molar-refractivity contribution in [2.24, 2.45) is 23.7 Å². The van der Waals surface area contributed by atoms with Crippen molar-refractivity contribution in [3.05, 3.63) is 47.8 Å². The lowest BCUT2D eigenvalue weighted by molar-refractivity contribution is -0.147. The molecule has 2 N–H and O–H groups in total. The lowest BCUT2D eigenvalue weighted by atomic mass is 9.82. The van der Waals surface area contributed by atoms with Gasteiger partial charge >= 0.3 is 5.97 Å². The zero-order valence-electron chi connectivity index (χ0n) is 12.0. The van der Waals surface area contributed by atoms with Gasteiger partial charge in [-0.25, -0.2) is 4.39 Å². The quantitative estimate of drug-likeness (QED) is 0.818. The molecule has 4 nitrogen and oxygen atoms in total. The van der Waals surface area contributed by atoms with Crippen LogP contribution in [0.3, 0.4) is 0 Å². The molecule has 1 amide bonds. The molecule has 1 aromatic rings. The molecule has 1 fully saturated rings. The zero-order valence-corrected chi connectivity index (χ0v) is 12.0. The Kier molecular flexibility index (Phi) is 3.96. The Hall–Kier alpha value is -2.17. The third kappa shape index (κ3) is 2.75. The van der Waals surface area contributed by atoms with Crippen molar-refractivity contribution in [3.63, 3.8) is 0 Å². The number of carboxylic acid groups (broad SMARTS) is 1. The van der Waals surface area contributed by atoms with Crippen LogP contribution in [0.2, 0.25) is 0 Å². The van der Waals surface area contributed by atoms with Crippen molar-refractivity contribution in [2.75, 3.05) is 6.54 Å². The number of amides is 1. The molecule has 0 radical (unpaired) electrons. The van der Waals surface area contributed by atoms with Gasteiger partial charge in [-0.1, -0.05) is 24.3 Å². The molecule has 22 heavy (non-hydrogen) atoms. The van der Waals surface area contributed by atoms with Crippen LogP contribution in [0, 0.1) is 29.5 Å². The minimum absolute atomic E-state index is 0.0182. The highest BCUT2D eigenvalue weighted by Crippen LogP contribution is 2.48. The summed E-state index contributed by atoms with van der Waals surface area (Å²) < 4.78 is 12.8. The first-order valence-corrected chi connectivity index (χ1v) is 7.49. The number of benzene rings is 1. The molecule has 5 heteroatoms. The van der Waals surface area contributed by atoms with Crippen LogP contribution in [0.15, 0.2) is 36.4 Å². The normalized spacial score (nSPS) is 28.8. The van der Waals surface area contributed by atoms with Crippen molar-refractivity contribution in [1.29, 1.82) is 0 Å². The number of fused-ring (bicyclic) bond motifs is 2. The molecule has 0 saturated heterocycles.